The van der Waals surface area contributed by atoms with Crippen molar-refractivity contribution in [1.82, 2.24) is 0 Å². The first-order valence-electron chi connectivity index (χ1n) is 2.69. The summed E-state index contributed by atoms with van der Waals surface area (Å²) in [5, 5.41) is 0. The SMILES string of the molecule is [O]=[Bi][O][Bi]=[O].[O]=[Bi][O][Bi]=[O].[O]=[Zr]=[O].[O]=[Zr]=[O].[O]=[Zr]=[O]. The van der Waals surface area contributed by atoms with Crippen molar-refractivity contribution in [3.8, 4) is 0 Å². The average molecular weight is 1300 g/mol. The van der Waals surface area contributed by atoms with Gasteiger partial charge in [0.05, 0.1) is 0 Å². The summed E-state index contributed by atoms with van der Waals surface area (Å²) in [5.74, 6) is 0. The van der Waals surface area contributed by atoms with Crippen LogP contribution in [-0.4, -0.2) is 94.7 Å². The summed E-state index contributed by atoms with van der Waals surface area (Å²) in [4.78, 5) is 0. The van der Waals surface area contributed by atoms with E-state index in [2.05, 4.69) is 1.78 Å². The molecule has 0 aliphatic carbocycles. The molecule has 0 aliphatic heterocycles. The van der Waals surface area contributed by atoms with Gasteiger partial charge in [-0.05, 0) is 0 Å². The summed E-state index contributed by atoms with van der Waals surface area (Å²) in [6, 6.07) is 0. The first kappa shape index (κ1) is 34.4. The standard InChI is InChI=1S/4Bi.12O.3Zr. The van der Waals surface area contributed by atoms with Crippen LogP contribution in [0.15, 0.2) is 0 Å². The molecule has 0 amide bonds. The Balaban J connectivity index is -0.0000000442. The topological polar surface area (TPSA) is 189 Å². The van der Waals surface area contributed by atoms with Gasteiger partial charge in [-0.25, -0.2) is 0 Å². The molecule has 0 saturated carbocycles. The Morgan fingerprint density at radius 1 is 0.474 bits per heavy atom. The Hall–Kier alpha value is 4.10. The number of rotatable bonds is 4. The van der Waals surface area contributed by atoms with Gasteiger partial charge in [0.25, 0.3) is 0 Å². The van der Waals surface area contributed by atoms with Crippen LogP contribution in [0.4, 0.5) is 0 Å². The fourth-order valence-electron chi connectivity index (χ4n) is 0.0272. The van der Waals surface area contributed by atoms with Crippen LogP contribution >= 0.6 is 0 Å². The predicted octanol–water partition coefficient (Wildman–Crippen LogP) is -2.86. The molecule has 0 radical (unpaired) electrons. The second-order valence-electron chi connectivity index (χ2n) is 0.711. The van der Waals surface area contributed by atoms with Crippen molar-refractivity contribution in [2.24, 2.45) is 0 Å². The molecule has 19 heteroatoms. The molecule has 0 aliphatic rings. The van der Waals surface area contributed by atoms with Gasteiger partial charge in [0.2, 0.25) is 0 Å². The third kappa shape index (κ3) is 136. The van der Waals surface area contributed by atoms with Gasteiger partial charge in [0.1, 0.15) is 0 Å². The molecule has 19 heavy (non-hydrogen) atoms. The van der Waals surface area contributed by atoms with Gasteiger partial charge in [-0.1, -0.05) is 0 Å². The van der Waals surface area contributed by atoms with E-state index in [1.54, 1.807) is 0 Å². The summed E-state index contributed by atoms with van der Waals surface area (Å²) < 4.78 is 96.8. The molecule has 0 saturated heterocycles. The van der Waals surface area contributed by atoms with Crippen LogP contribution < -0.4 is 0 Å². The van der Waals surface area contributed by atoms with Gasteiger partial charge in [0, 0.05) is 0 Å². The van der Waals surface area contributed by atoms with E-state index < -0.39 is 164 Å². The Morgan fingerprint density at radius 2 is 0.579 bits per heavy atom. The maximum absolute atomic E-state index is 9.33. The monoisotopic (exact) mass is 1300 g/mol. The van der Waals surface area contributed by atoms with Crippen LogP contribution in [0.1, 0.15) is 0 Å². The summed E-state index contributed by atoms with van der Waals surface area (Å²) in [5.41, 5.74) is 0. The quantitative estimate of drug-likeness (QED) is 0.263. The second-order valence-corrected chi connectivity index (χ2v) is 16.7. The summed E-state index contributed by atoms with van der Waals surface area (Å²) in [6.45, 7) is 0. The maximum atomic E-state index is 9.33. The Labute approximate surface area is 189 Å². The van der Waals surface area contributed by atoms with E-state index in [1.165, 1.54) is 0 Å². The van der Waals surface area contributed by atoms with E-state index in [1.807, 2.05) is 0 Å². The van der Waals surface area contributed by atoms with Crippen LogP contribution in [0.5, 0.6) is 0 Å². The molecule has 0 atom stereocenters. The average Bonchev–Trinajstić information content (AvgIpc) is 2.35. The third-order valence-corrected chi connectivity index (χ3v) is 10.3. The molecular formula is Bi4O12Zr3. The van der Waals surface area contributed by atoms with Crippen LogP contribution in [0.2, 0.25) is 0 Å². The summed E-state index contributed by atoms with van der Waals surface area (Å²) in [7, 11) is 0. The van der Waals surface area contributed by atoms with Crippen LogP contribution in [0.25, 0.3) is 0 Å². The third-order valence-electron chi connectivity index (χ3n) is 0.133. The minimum atomic E-state index is -2.27. The minimum absolute atomic E-state index is 1.85. The first-order chi connectivity index (χ1) is 9.07. The molecule has 0 rings (SSSR count). The van der Waals surface area contributed by atoms with Crippen molar-refractivity contribution in [2.75, 3.05) is 0 Å². The second kappa shape index (κ2) is 57.3. The number of hydrogen-bond acceptors (Lipinski definition) is 12. The van der Waals surface area contributed by atoms with E-state index in [4.69, 9.17) is 16.9 Å². The zero-order chi connectivity index (χ0) is 16.4. The van der Waals surface area contributed by atoms with Gasteiger partial charge in [-0.2, -0.15) is 0 Å². The molecule has 0 heterocycles. The zero-order valence-electron chi connectivity index (χ0n) is 8.19. The molecule has 0 spiro atoms. The van der Waals surface area contributed by atoms with Crippen molar-refractivity contribution >= 4 is 94.7 Å². The van der Waals surface area contributed by atoms with Gasteiger partial charge >= 0.3 is 194 Å². The molecule has 0 bridgehead atoms. The van der Waals surface area contributed by atoms with E-state index in [9.17, 15) is 11.3 Å². The Morgan fingerprint density at radius 3 is 0.579 bits per heavy atom. The van der Waals surface area contributed by atoms with Crippen molar-refractivity contribution in [1.29, 1.82) is 0 Å². The van der Waals surface area contributed by atoms with Crippen LogP contribution in [-0.2, 0) is 99.6 Å². The van der Waals surface area contributed by atoms with Gasteiger partial charge in [-0.3, -0.25) is 0 Å². The molecule has 12 nitrogen and oxygen atoms in total. The first-order valence-corrected chi connectivity index (χ1v) is 20.1. The van der Waals surface area contributed by atoms with Crippen molar-refractivity contribution in [3.63, 3.8) is 0 Å². The summed E-state index contributed by atoms with van der Waals surface area (Å²) in [6.07, 6.45) is 0. The Bertz CT molecular complexity index is 252. The normalized spacial score (nSPS) is 4.63. The van der Waals surface area contributed by atoms with E-state index >= 15 is 0 Å². The van der Waals surface area contributed by atoms with E-state index in [0.29, 0.717) is 0 Å². The number of hydrogen-bond donors (Lipinski definition) is 0. The molecular weight excluding hydrogens is 1300 g/mol. The van der Waals surface area contributed by atoms with E-state index in [-0.39, 0.29) is 0 Å². The zero-order valence-corrected chi connectivity index (χ0v) is 29.5. The molecule has 0 unspecified atom stereocenters. The van der Waals surface area contributed by atoms with Gasteiger partial charge in [0.15, 0.2) is 0 Å². The van der Waals surface area contributed by atoms with E-state index in [0.717, 1.165) is 0 Å². The molecule has 0 aromatic heterocycles. The molecule has 0 fully saturated rings. The van der Waals surface area contributed by atoms with Crippen LogP contribution in [0.3, 0.4) is 0 Å². The molecule has 0 aromatic rings. The van der Waals surface area contributed by atoms with Crippen molar-refractivity contribution in [3.05, 3.63) is 0 Å². The predicted molar refractivity (Wildman–Crippen MR) is 32.1 cm³/mol. The molecule has 104 valence electrons. The van der Waals surface area contributed by atoms with Gasteiger partial charge in [-0.15, -0.1) is 0 Å². The van der Waals surface area contributed by atoms with Crippen LogP contribution in [0, 0.1) is 0 Å². The Kier molecular flexibility index (Phi) is 104. The molecule has 0 N–H and O–H groups in total. The fraction of sp³-hybridized carbons (Fsp3) is 0. The molecule has 0 aromatic carbocycles. The van der Waals surface area contributed by atoms with Crippen molar-refractivity contribution < 1.29 is 99.6 Å². The summed E-state index contributed by atoms with van der Waals surface area (Å²) >= 11 is -14.2. The van der Waals surface area contributed by atoms with Crippen molar-refractivity contribution in [2.45, 2.75) is 0 Å². The fourth-order valence-corrected chi connectivity index (χ4v) is 2.10. The van der Waals surface area contributed by atoms with Gasteiger partial charge < -0.3 is 0 Å².